The van der Waals surface area contributed by atoms with Gasteiger partial charge in [-0.05, 0) is 6.92 Å². The average molecular weight is 576 g/mol. The molecule has 11 nitrogen and oxygen atoms in total. The molecule has 0 saturated carbocycles. The quantitative estimate of drug-likeness (QED) is 0.408. The molecule has 4 rings (SSSR count). The molecule has 1 amide bonds. The van der Waals surface area contributed by atoms with Gasteiger partial charge in [0.15, 0.2) is 11.6 Å². The zero-order valence-electron chi connectivity index (χ0n) is 20.3. The number of H-pyrrole nitrogens is 1. The van der Waals surface area contributed by atoms with Crippen molar-refractivity contribution in [3.8, 4) is 5.75 Å². The van der Waals surface area contributed by atoms with Crippen LogP contribution in [0.25, 0.3) is 0 Å². The fraction of sp³-hybridized carbons (Fsp3) is 0.364. The molecule has 1 aliphatic rings. The predicted octanol–water partition coefficient (Wildman–Crippen LogP) is 2.86. The second-order valence-corrected chi connectivity index (χ2v) is 8.53. The Morgan fingerprint density at radius 2 is 1.75 bits per heavy atom. The molecule has 1 aliphatic heterocycles. The van der Waals surface area contributed by atoms with Crippen molar-refractivity contribution in [2.45, 2.75) is 25.3 Å². The van der Waals surface area contributed by atoms with Gasteiger partial charge >= 0.3 is 12.4 Å². The SMILES string of the molecule is C[C@@H](COc1ccnc(N2CCN(c3ncc(C(F)(F)F)cn3)CC2=O)c1F)Nc1cn[nH]c(=O)c1C(F)(F)F. The Morgan fingerprint density at radius 3 is 2.38 bits per heavy atom. The lowest BCUT2D eigenvalue weighted by Gasteiger charge is -2.33. The number of amides is 1. The van der Waals surface area contributed by atoms with Gasteiger partial charge in [0.25, 0.3) is 5.56 Å². The molecule has 1 atom stereocenters. The molecule has 1 fully saturated rings. The van der Waals surface area contributed by atoms with Crippen LogP contribution >= 0.6 is 0 Å². The Bertz CT molecular complexity index is 1430. The number of rotatable bonds is 7. The molecular weight excluding hydrogens is 557 g/mol. The summed E-state index contributed by atoms with van der Waals surface area (Å²) < 4.78 is 98.5. The topological polar surface area (TPSA) is 129 Å². The zero-order chi connectivity index (χ0) is 29.2. The smallest absolute Gasteiger partial charge is 0.423 e. The molecule has 0 aromatic carbocycles. The van der Waals surface area contributed by atoms with E-state index in [1.165, 1.54) is 11.8 Å². The van der Waals surface area contributed by atoms with Crippen molar-refractivity contribution in [2.24, 2.45) is 0 Å². The molecule has 18 heteroatoms. The summed E-state index contributed by atoms with van der Waals surface area (Å²) in [5, 5.41) is 7.51. The number of halogens is 7. The van der Waals surface area contributed by atoms with E-state index in [2.05, 4.69) is 25.4 Å². The molecular formula is C22H19F7N8O3. The van der Waals surface area contributed by atoms with Crippen molar-refractivity contribution in [3.63, 3.8) is 0 Å². The summed E-state index contributed by atoms with van der Waals surface area (Å²) >= 11 is 0. The summed E-state index contributed by atoms with van der Waals surface area (Å²) in [6, 6.07) is 0.299. The number of hydrogen-bond acceptors (Lipinski definition) is 9. The van der Waals surface area contributed by atoms with Crippen LogP contribution in [-0.4, -0.2) is 63.3 Å². The summed E-state index contributed by atoms with van der Waals surface area (Å²) in [4.78, 5) is 37.9. The lowest BCUT2D eigenvalue weighted by Crippen LogP contribution is -2.51. The average Bonchev–Trinajstić information content (AvgIpc) is 2.87. The van der Waals surface area contributed by atoms with Crippen molar-refractivity contribution in [1.29, 1.82) is 0 Å². The highest BCUT2D eigenvalue weighted by Crippen LogP contribution is 2.32. The minimum absolute atomic E-state index is 0.0516. The number of ether oxygens (including phenoxy) is 1. The number of aromatic amines is 1. The summed E-state index contributed by atoms with van der Waals surface area (Å²) in [6.45, 7) is 0.648. The van der Waals surface area contributed by atoms with E-state index in [1.54, 1.807) is 5.10 Å². The minimum Gasteiger partial charge on any atom is -0.488 e. The van der Waals surface area contributed by atoms with Gasteiger partial charge in [0.2, 0.25) is 17.7 Å². The second-order valence-electron chi connectivity index (χ2n) is 8.53. The maximum atomic E-state index is 15.2. The normalized spacial score (nSPS) is 15.2. The third-order valence-corrected chi connectivity index (χ3v) is 5.59. The van der Waals surface area contributed by atoms with Crippen molar-refractivity contribution < 1.29 is 40.3 Å². The van der Waals surface area contributed by atoms with E-state index in [0.29, 0.717) is 12.4 Å². The lowest BCUT2D eigenvalue weighted by atomic mass is 10.2. The molecule has 2 N–H and O–H groups in total. The van der Waals surface area contributed by atoms with Crippen LogP contribution in [0.3, 0.4) is 0 Å². The molecule has 0 unspecified atom stereocenters. The standard InChI is InChI=1S/C22H19F7N8O3/c1-11(34-13-8-33-35-19(39)16(13)22(27,28)29)10-40-14-2-3-30-18(17(14)23)37-5-4-36(9-15(37)38)20-31-6-12(7-32-20)21(24,25)26/h2-3,6-8,11H,4-5,9-10H2,1H3,(H2,34,35,39)/t11-/m0/s1. The maximum Gasteiger partial charge on any atom is 0.423 e. The van der Waals surface area contributed by atoms with Crippen molar-refractivity contribution in [3.05, 3.63) is 58.2 Å². The number of carbonyl (C=O) groups excluding carboxylic acids is 1. The van der Waals surface area contributed by atoms with Gasteiger partial charge in [0.05, 0.1) is 23.5 Å². The molecule has 3 aromatic rings. The number of aromatic nitrogens is 5. The monoisotopic (exact) mass is 576 g/mol. The number of carbonyl (C=O) groups is 1. The summed E-state index contributed by atoms with van der Waals surface area (Å²) in [5.41, 5.74) is -4.57. The van der Waals surface area contributed by atoms with E-state index in [-0.39, 0.29) is 43.8 Å². The third-order valence-electron chi connectivity index (χ3n) is 5.59. The van der Waals surface area contributed by atoms with Gasteiger partial charge in [-0.15, -0.1) is 0 Å². The highest BCUT2D eigenvalue weighted by molar-refractivity contribution is 5.96. The van der Waals surface area contributed by atoms with Crippen molar-refractivity contribution in [2.75, 3.05) is 41.4 Å². The number of pyridine rings is 1. The van der Waals surface area contributed by atoms with Gasteiger partial charge in [-0.3, -0.25) is 14.5 Å². The van der Waals surface area contributed by atoms with Crippen LogP contribution < -0.4 is 25.4 Å². The Kier molecular flexibility index (Phi) is 7.79. The van der Waals surface area contributed by atoms with E-state index >= 15 is 4.39 Å². The first-order valence-corrected chi connectivity index (χ1v) is 11.4. The fourth-order valence-corrected chi connectivity index (χ4v) is 3.72. The molecule has 0 radical (unpaired) electrons. The van der Waals surface area contributed by atoms with Gasteiger partial charge in [0, 0.05) is 37.7 Å². The highest BCUT2D eigenvalue weighted by atomic mass is 19.4. The molecule has 1 saturated heterocycles. The van der Waals surface area contributed by atoms with Crippen LogP contribution in [-0.2, 0) is 17.1 Å². The number of piperazine rings is 1. The molecule has 0 aliphatic carbocycles. The second kappa shape index (κ2) is 10.9. The van der Waals surface area contributed by atoms with Gasteiger partial charge < -0.3 is 15.0 Å². The fourth-order valence-electron chi connectivity index (χ4n) is 3.72. The number of anilines is 3. The Labute approximate surface area is 220 Å². The van der Waals surface area contributed by atoms with E-state index < -0.39 is 52.5 Å². The molecule has 214 valence electrons. The van der Waals surface area contributed by atoms with Gasteiger partial charge in [-0.25, -0.2) is 20.1 Å². The number of hydrogen-bond donors (Lipinski definition) is 2. The van der Waals surface area contributed by atoms with Crippen LogP contribution in [0.5, 0.6) is 5.75 Å². The van der Waals surface area contributed by atoms with E-state index in [1.807, 2.05) is 0 Å². The van der Waals surface area contributed by atoms with Crippen molar-refractivity contribution >= 4 is 23.4 Å². The van der Waals surface area contributed by atoms with Gasteiger partial charge in [-0.2, -0.15) is 35.8 Å². The minimum atomic E-state index is -4.96. The first-order chi connectivity index (χ1) is 18.8. The van der Waals surface area contributed by atoms with E-state index in [0.717, 1.165) is 23.4 Å². The first-order valence-electron chi connectivity index (χ1n) is 11.4. The molecule has 40 heavy (non-hydrogen) atoms. The van der Waals surface area contributed by atoms with Crippen molar-refractivity contribution in [1.82, 2.24) is 25.1 Å². The molecule has 4 heterocycles. The van der Waals surface area contributed by atoms with Gasteiger partial charge in [0.1, 0.15) is 18.7 Å². The Hall–Kier alpha value is -4.51. The van der Waals surface area contributed by atoms with Crippen LogP contribution in [0.1, 0.15) is 18.1 Å². The maximum absolute atomic E-state index is 15.2. The molecule has 3 aromatic heterocycles. The third kappa shape index (κ3) is 6.20. The van der Waals surface area contributed by atoms with Gasteiger partial charge in [-0.1, -0.05) is 0 Å². The number of alkyl halides is 6. The number of nitrogens with zero attached hydrogens (tertiary/aromatic N) is 6. The summed E-state index contributed by atoms with van der Waals surface area (Å²) in [7, 11) is 0. The van der Waals surface area contributed by atoms with E-state index in [9.17, 15) is 35.9 Å². The largest absolute Gasteiger partial charge is 0.488 e. The molecule has 0 bridgehead atoms. The zero-order valence-corrected chi connectivity index (χ0v) is 20.3. The summed E-state index contributed by atoms with van der Waals surface area (Å²) in [6.07, 6.45) is -6.46. The van der Waals surface area contributed by atoms with E-state index in [4.69, 9.17) is 4.74 Å². The Balaban J connectivity index is 1.41. The van der Waals surface area contributed by atoms with Crippen LogP contribution in [0.15, 0.2) is 35.6 Å². The first kappa shape index (κ1) is 28.5. The lowest BCUT2D eigenvalue weighted by molar-refractivity contribution is -0.139. The van der Waals surface area contributed by atoms with Crippen LogP contribution in [0, 0.1) is 5.82 Å². The molecule has 0 spiro atoms. The highest BCUT2D eigenvalue weighted by Gasteiger charge is 2.38. The predicted molar refractivity (Wildman–Crippen MR) is 124 cm³/mol. The Morgan fingerprint density at radius 1 is 1.05 bits per heavy atom. The number of nitrogens with one attached hydrogen (secondary N) is 2. The van der Waals surface area contributed by atoms with Crippen LogP contribution in [0.2, 0.25) is 0 Å². The summed E-state index contributed by atoms with van der Waals surface area (Å²) in [5.74, 6) is -2.50. The van der Waals surface area contributed by atoms with Crippen LogP contribution in [0.4, 0.5) is 48.2 Å².